The van der Waals surface area contributed by atoms with Gasteiger partial charge >= 0.3 is 14.8 Å². The van der Waals surface area contributed by atoms with Gasteiger partial charge in [-0.3, -0.25) is 0 Å². The standard InChI is InChI=1S/C19H38O5Si/c1-5-8-14-22-25(23-15-9-6-2,24-16-10-7-3)17-12-11-13-18(4)19(20)21/h13H,5-12,14-17H2,1-4H3,(H,20,21). The van der Waals surface area contributed by atoms with Crippen LogP contribution < -0.4 is 0 Å². The van der Waals surface area contributed by atoms with Gasteiger partial charge in [0.15, 0.2) is 0 Å². The topological polar surface area (TPSA) is 65.0 Å². The number of carboxylic acids is 1. The third-order valence-corrected chi connectivity index (χ3v) is 6.83. The number of allylic oxidation sites excluding steroid dienone is 1. The van der Waals surface area contributed by atoms with Crippen molar-refractivity contribution < 1.29 is 23.2 Å². The van der Waals surface area contributed by atoms with Crippen LogP contribution in [0.25, 0.3) is 0 Å². The molecule has 0 unspecified atom stereocenters. The van der Waals surface area contributed by atoms with Gasteiger partial charge in [-0.1, -0.05) is 46.1 Å². The summed E-state index contributed by atoms with van der Waals surface area (Å²) in [6, 6.07) is 0.744. The van der Waals surface area contributed by atoms with Crippen molar-refractivity contribution in [2.45, 2.75) is 85.1 Å². The monoisotopic (exact) mass is 374 g/mol. The van der Waals surface area contributed by atoms with Gasteiger partial charge in [0.25, 0.3) is 0 Å². The van der Waals surface area contributed by atoms with Crippen LogP contribution in [0.1, 0.15) is 79.1 Å². The molecule has 0 bridgehead atoms. The van der Waals surface area contributed by atoms with Crippen LogP contribution in [-0.4, -0.2) is 39.7 Å². The first-order chi connectivity index (χ1) is 12.0. The molecule has 5 nitrogen and oxygen atoms in total. The molecule has 0 radical (unpaired) electrons. The summed E-state index contributed by atoms with van der Waals surface area (Å²) in [6.07, 6.45) is 9.53. The van der Waals surface area contributed by atoms with E-state index in [2.05, 4.69) is 20.8 Å². The normalized spacial score (nSPS) is 12.6. The fraction of sp³-hybridized carbons (Fsp3) is 0.842. The maximum atomic E-state index is 10.9. The van der Waals surface area contributed by atoms with E-state index in [4.69, 9.17) is 18.4 Å². The minimum atomic E-state index is -2.68. The van der Waals surface area contributed by atoms with E-state index < -0.39 is 14.8 Å². The molecule has 0 atom stereocenters. The molecule has 0 aromatic heterocycles. The Bertz CT molecular complexity index is 344. The average Bonchev–Trinajstić information content (AvgIpc) is 2.59. The molecule has 0 spiro atoms. The Morgan fingerprint density at radius 1 is 0.880 bits per heavy atom. The Labute approximate surface area is 155 Å². The highest BCUT2D eigenvalue weighted by molar-refractivity contribution is 6.60. The van der Waals surface area contributed by atoms with Gasteiger partial charge in [-0.2, -0.15) is 0 Å². The minimum absolute atomic E-state index is 0.387. The van der Waals surface area contributed by atoms with Crippen LogP contribution in [0.15, 0.2) is 11.6 Å². The third-order valence-electron chi connectivity index (χ3n) is 3.93. The van der Waals surface area contributed by atoms with Gasteiger partial charge in [0.1, 0.15) is 0 Å². The summed E-state index contributed by atoms with van der Waals surface area (Å²) in [5.74, 6) is -0.860. The molecule has 148 valence electrons. The van der Waals surface area contributed by atoms with Gasteiger partial charge in [-0.05, 0) is 39.0 Å². The van der Waals surface area contributed by atoms with E-state index in [1.165, 1.54) is 0 Å². The Morgan fingerprint density at radius 2 is 1.32 bits per heavy atom. The van der Waals surface area contributed by atoms with Crippen LogP contribution in [0, 0.1) is 0 Å². The maximum absolute atomic E-state index is 10.9. The molecule has 0 fully saturated rings. The predicted octanol–water partition coefficient (Wildman–Crippen LogP) is 5.19. The first-order valence-corrected chi connectivity index (χ1v) is 11.8. The van der Waals surface area contributed by atoms with E-state index in [0.29, 0.717) is 31.8 Å². The molecule has 0 aliphatic heterocycles. The Balaban J connectivity index is 4.79. The fourth-order valence-corrected chi connectivity index (χ4v) is 4.87. The molecule has 0 aliphatic rings. The Morgan fingerprint density at radius 3 is 1.68 bits per heavy atom. The summed E-state index contributed by atoms with van der Waals surface area (Å²) in [6.45, 7) is 10.1. The van der Waals surface area contributed by atoms with Crippen LogP contribution in [0.3, 0.4) is 0 Å². The lowest BCUT2D eigenvalue weighted by Gasteiger charge is -2.30. The maximum Gasteiger partial charge on any atom is 0.500 e. The van der Waals surface area contributed by atoms with Crippen LogP contribution in [0.2, 0.25) is 6.04 Å². The van der Waals surface area contributed by atoms with E-state index in [1.807, 2.05) is 0 Å². The van der Waals surface area contributed by atoms with E-state index in [0.717, 1.165) is 51.0 Å². The van der Waals surface area contributed by atoms with Gasteiger partial charge in [-0.15, -0.1) is 0 Å². The molecule has 0 aromatic rings. The molecule has 0 saturated heterocycles. The number of aliphatic carboxylic acids is 1. The van der Waals surface area contributed by atoms with Crippen LogP contribution >= 0.6 is 0 Å². The number of hydrogen-bond acceptors (Lipinski definition) is 4. The lowest BCUT2D eigenvalue weighted by atomic mass is 10.2. The summed E-state index contributed by atoms with van der Waals surface area (Å²) in [5.41, 5.74) is 0.387. The summed E-state index contributed by atoms with van der Waals surface area (Å²) < 4.78 is 18.5. The quantitative estimate of drug-likeness (QED) is 0.216. The van der Waals surface area contributed by atoms with Crippen molar-refractivity contribution in [2.75, 3.05) is 19.8 Å². The van der Waals surface area contributed by atoms with Gasteiger partial charge in [0, 0.05) is 31.4 Å². The van der Waals surface area contributed by atoms with Crippen molar-refractivity contribution in [1.29, 1.82) is 0 Å². The predicted molar refractivity (Wildman–Crippen MR) is 104 cm³/mol. The van der Waals surface area contributed by atoms with Crippen LogP contribution in [0.5, 0.6) is 0 Å². The SMILES string of the molecule is CCCCO[Si](CCCC=C(C)C(=O)O)(OCCCC)OCCCC. The molecule has 6 heteroatoms. The van der Waals surface area contributed by atoms with Gasteiger partial charge < -0.3 is 18.4 Å². The summed E-state index contributed by atoms with van der Waals surface area (Å²) in [5, 5.41) is 8.94. The van der Waals surface area contributed by atoms with Crippen LogP contribution in [0.4, 0.5) is 0 Å². The molecule has 0 heterocycles. The first-order valence-electron chi connectivity index (χ1n) is 9.83. The average molecular weight is 375 g/mol. The largest absolute Gasteiger partial charge is 0.500 e. The molecule has 0 rings (SSSR count). The Kier molecular flexibility index (Phi) is 15.1. The van der Waals surface area contributed by atoms with E-state index in [-0.39, 0.29) is 0 Å². The number of hydrogen-bond donors (Lipinski definition) is 1. The molecular weight excluding hydrogens is 336 g/mol. The zero-order chi connectivity index (χ0) is 19.0. The van der Waals surface area contributed by atoms with Crippen LogP contribution in [-0.2, 0) is 18.1 Å². The van der Waals surface area contributed by atoms with Gasteiger partial charge in [0.2, 0.25) is 0 Å². The second-order valence-corrected chi connectivity index (χ2v) is 9.11. The zero-order valence-electron chi connectivity index (χ0n) is 16.6. The fourth-order valence-electron chi connectivity index (χ4n) is 2.18. The van der Waals surface area contributed by atoms with Gasteiger partial charge in [-0.25, -0.2) is 4.79 Å². The highest BCUT2D eigenvalue weighted by Gasteiger charge is 2.40. The molecule has 1 N–H and O–H groups in total. The van der Waals surface area contributed by atoms with Crippen molar-refractivity contribution in [3.63, 3.8) is 0 Å². The number of carbonyl (C=O) groups is 1. The molecule has 25 heavy (non-hydrogen) atoms. The molecule has 0 aromatic carbocycles. The highest BCUT2D eigenvalue weighted by Crippen LogP contribution is 2.21. The molecule has 0 saturated carbocycles. The summed E-state index contributed by atoms with van der Waals surface area (Å²) in [4.78, 5) is 10.9. The lowest BCUT2D eigenvalue weighted by Crippen LogP contribution is -2.46. The summed E-state index contributed by atoms with van der Waals surface area (Å²) in [7, 11) is -2.68. The third kappa shape index (κ3) is 12.3. The molecule has 0 amide bonds. The number of carboxylic acid groups (broad SMARTS) is 1. The van der Waals surface area contributed by atoms with Gasteiger partial charge in [0.05, 0.1) is 0 Å². The first kappa shape index (κ1) is 24.3. The van der Waals surface area contributed by atoms with E-state index in [9.17, 15) is 4.79 Å². The van der Waals surface area contributed by atoms with Crippen molar-refractivity contribution in [1.82, 2.24) is 0 Å². The molecular formula is C19H38O5Si. The Hall–Kier alpha value is -0.693. The number of unbranched alkanes of at least 4 members (excludes halogenated alkanes) is 4. The van der Waals surface area contributed by atoms with Crippen molar-refractivity contribution in [3.8, 4) is 0 Å². The second kappa shape index (κ2) is 15.6. The van der Waals surface area contributed by atoms with Crippen molar-refractivity contribution >= 4 is 14.8 Å². The van der Waals surface area contributed by atoms with Crippen molar-refractivity contribution in [2.24, 2.45) is 0 Å². The number of rotatable bonds is 17. The highest BCUT2D eigenvalue weighted by atomic mass is 28.4. The lowest BCUT2D eigenvalue weighted by molar-refractivity contribution is -0.132. The smallest absolute Gasteiger partial charge is 0.478 e. The van der Waals surface area contributed by atoms with Crippen molar-refractivity contribution in [3.05, 3.63) is 11.6 Å². The zero-order valence-corrected chi connectivity index (χ0v) is 17.6. The minimum Gasteiger partial charge on any atom is -0.478 e. The molecule has 0 aliphatic carbocycles. The van der Waals surface area contributed by atoms with E-state index in [1.54, 1.807) is 13.0 Å². The second-order valence-electron chi connectivity index (χ2n) is 6.37. The van der Waals surface area contributed by atoms with E-state index >= 15 is 0 Å². The summed E-state index contributed by atoms with van der Waals surface area (Å²) >= 11 is 0.